The number of rotatable bonds is 7. The molecule has 0 aliphatic heterocycles. The highest BCUT2D eigenvalue weighted by Gasteiger charge is 2.13. The average Bonchev–Trinajstić information content (AvgIpc) is 2.61. The van der Waals surface area contributed by atoms with Gasteiger partial charge in [0.25, 0.3) is 10.0 Å². The summed E-state index contributed by atoms with van der Waals surface area (Å²) >= 11 is 0. The van der Waals surface area contributed by atoms with Gasteiger partial charge in [-0.25, -0.2) is 8.42 Å². The highest BCUT2D eigenvalue weighted by Crippen LogP contribution is 2.38. The van der Waals surface area contributed by atoms with E-state index in [1.54, 1.807) is 36.4 Å². The molecule has 128 valence electrons. The maximum Gasteiger partial charge on any atom is 0.261 e. The molecule has 0 fully saturated rings. The van der Waals surface area contributed by atoms with E-state index in [0.29, 0.717) is 22.8 Å². The summed E-state index contributed by atoms with van der Waals surface area (Å²) in [7, 11) is 0.953. The monoisotopic (exact) mass is 349 g/mol. The van der Waals surface area contributed by atoms with Crippen LogP contribution in [0.4, 0.5) is 0 Å². The van der Waals surface area contributed by atoms with E-state index in [0.717, 1.165) is 0 Å². The van der Waals surface area contributed by atoms with E-state index in [9.17, 15) is 8.42 Å². The minimum absolute atomic E-state index is 0.194. The molecule has 2 aromatic carbocycles. The molecule has 0 saturated heterocycles. The van der Waals surface area contributed by atoms with Gasteiger partial charge in [0.1, 0.15) is 0 Å². The van der Waals surface area contributed by atoms with Crippen molar-refractivity contribution in [2.24, 2.45) is 0 Å². The highest BCUT2D eigenvalue weighted by molar-refractivity contribution is 7.89. The Labute approximate surface area is 141 Å². The van der Waals surface area contributed by atoms with Gasteiger partial charge in [-0.3, -0.25) is 4.72 Å². The molecular weight excluding hydrogens is 330 g/mol. The van der Waals surface area contributed by atoms with Crippen molar-refractivity contribution >= 4 is 16.1 Å². The van der Waals surface area contributed by atoms with Gasteiger partial charge < -0.3 is 14.2 Å². The SMILES string of the molecule is COc1cc(/C=C\NS(=O)(=O)c2ccccc2)cc(OC)c1OC. The molecule has 0 saturated carbocycles. The van der Waals surface area contributed by atoms with Crippen LogP contribution < -0.4 is 18.9 Å². The van der Waals surface area contributed by atoms with Crippen LogP contribution in [0.3, 0.4) is 0 Å². The van der Waals surface area contributed by atoms with Crippen molar-refractivity contribution in [3.63, 3.8) is 0 Å². The summed E-state index contributed by atoms with van der Waals surface area (Å²) in [6.45, 7) is 0. The zero-order valence-electron chi connectivity index (χ0n) is 13.6. The second kappa shape index (κ2) is 7.74. The number of sulfonamides is 1. The topological polar surface area (TPSA) is 73.9 Å². The summed E-state index contributed by atoms with van der Waals surface area (Å²) in [5, 5.41) is 0. The van der Waals surface area contributed by atoms with Gasteiger partial charge in [0.05, 0.1) is 26.2 Å². The van der Waals surface area contributed by atoms with Crippen molar-refractivity contribution < 1.29 is 22.6 Å². The van der Waals surface area contributed by atoms with Crippen LogP contribution in [-0.4, -0.2) is 29.7 Å². The summed E-state index contributed by atoms with van der Waals surface area (Å²) in [5.41, 5.74) is 0.695. The van der Waals surface area contributed by atoms with Crippen molar-refractivity contribution in [1.82, 2.24) is 4.72 Å². The molecule has 0 unspecified atom stereocenters. The predicted octanol–water partition coefficient (Wildman–Crippen LogP) is 2.66. The van der Waals surface area contributed by atoms with Gasteiger partial charge in [0, 0.05) is 6.20 Å². The van der Waals surface area contributed by atoms with Crippen LogP contribution in [0.15, 0.2) is 53.6 Å². The van der Waals surface area contributed by atoms with Crippen LogP contribution in [0.2, 0.25) is 0 Å². The minimum Gasteiger partial charge on any atom is -0.493 e. The van der Waals surface area contributed by atoms with Crippen LogP contribution in [0.25, 0.3) is 6.08 Å². The second-order valence-electron chi connectivity index (χ2n) is 4.73. The highest BCUT2D eigenvalue weighted by atomic mass is 32.2. The van der Waals surface area contributed by atoms with Gasteiger partial charge >= 0.3 is 0 Å². The van der Waals surface area contributed by atoms with Gasteiger partial charge in [-0.15, -0.1) is 0 Å². The lowest BCUT2D eigenvalue weighted by Gasteiger charge is -2.12. The van der Waals surface area contributed by atoms with E-state index in [1.165, 1.54) is 39.7 Å². The molecular formula is C17H19NO5S. The summed E-state index contributed by atoms with van der Waals surface area (Å²) in [5.74, 6) is 1.45. The number of hydrogen-bond donors (Lipinski definition) is 1. The van der Waals surface area contributed by atoms with Crippen molar-refractivity contribution in [2.75, 3.05) is 21.3 Å². The molecule has 2 rings (SSSR count). The molecule has 0 heterocycles. The number of ether oxygens (including phenoxy) is 3. The third-order valence-electron chi connectivity index (χ3n) is 3.24. The van der Waals surface area contributed by atoms with Crippen LogP contribution in [0.5, 0.6) is 17.2 Å². The zero-order chi connectivity index (χ0) is 17.6. The molecule has 0 bridgehead atoms. The van der Waals surface area contributed by atoms with Crippen LogP contribution in [0, 0.1) is 0 Å². The molecule has 0 aliphatic carbocycles. The van der Waals surface area contributed by atoms with Crippen molar-refractivity contribution in [1.29, 1.82) is 0 Å². The molecule has 0 amide bonds. The Kier molecular flexibility index (Phi) is 5.70. The summed E-state index contributed by atoms with van der Waals surface area (Å²) in [6.07, 6.45) is 2.95. The predicted molar refractivity (Wildman–Crippen MR) is 91.9 cm³/mol. The third-order valence-corrected chi connectivity index (χ3v) is 4.58. The van der Waals surface area contributed by atoms with Gasteiger partial charge in [-0.05, 0) is 35.9 Å². The van der Waals surface area contributed by atoms with Gasteiger partial charge in [-0.2, -0.15) is 0 Å². The standard InChI is InChI=1S/C17H19NO5S/c1-21-15-11-13(12-16(22-2)17(15)23-3)9-10-18-24(19,20)14-7-5-4-6-8-14/h4-12,18H,1-3H3/b10-9-. The average molecular weight is 349 g/mol. The smallest absolute Gasteiger partial charge is 0.261 e. The molecule has 0 aromatic heterocycles. The molecule has 24 heavy (non-hydrogen) atoms. The Hall–Kier alpha value is -2.67. The fraction of sp³-hybridized carbons (Fsp3) is 0.176. The molecule has 0 spiro atoms. The number of nitrogens with one attached hydrogen (secondary N) is 1. The number of benzene rings is 2. The Morgan fingerprint density at radius 2 is 1.50 bits per heavy atom. The van der Waals surface area contributed by atoms with E-state index in [-0.39, 0.29) is 4.90 Å². The first-order valence-electron chi connectivity index (χ1n) is 7.05. The molecule has 2 aromatic rings. The quantitative estimate of drug-likeness (QED) is 0.832. The summed E-state index contributed by atoms with van der Waals surface area (Å²) < 4.78 is 42.4. The lowest BCUT2D eigenvalue weighted by atomic mass is 10.2. The Morgan fingerprint density at radius 3 is 2.00 bits per heavy atom. The fourth-order valence-corrected chi connectivity index (χ4v) is 2.98. The third kappa shape index (κ3) is 3.99. The van der Waals surface area contributed by atoms with E-state index in [1.807, 2.05) is 0 Å². The Balaban J connectivity index is 2.23. The van der Waals surface area contributed by atoms with E-state index in [4.69, 9.17) is 14.2 Å². The number of methoxy groups -OCH3 is 3. The van der Waals surface area contributed by atoms with Gasteiger partial charge in [0.2, 0.25) is 5.75 Å². The first-order valence-corrected chi connectivity index (χ1v) is 8.54. The summed E-state index contributed by atoms with van der Waals surface area (Å²) in [4.78, 5) is 0.194. The normalized spacial score (nSPS) is 11.3. The molecule has 0 aliphatic rings. The second-order valence-corrected chi connectivity index (χ2v) is 6.44. The maximum absolute atomic E-state index is 12.1. The van der Waals surface area contributed by atoms with Gasteiger partial charge in [-0.1, -0.05) is 18.2 Å². The molecule has 7 heteroatoms. The molecule has 1 N–H and O–H groups in total. The van der Waals surface area contributed by atoms with Crippen LogP contribution in [-0.2, 0) is 10.0 Å². The molecule has 0 atom stereocenters. The minimum atomic E-state index is -3.60. The lowest BCUT2D eigenvalue weighted by Crippen LogP contribution is -2.17. The van der Waals surface area contributed by atoms with Crippen molar-refractivity contribution in [3.8, 4) is 17.2 Å². The first-order chi connectivity index (χ1) is 11.5. The molecule has 0 radical (unpaired) electrons. The van der Waals surface area contributed by atoms with E-state index < -0.39 is 10.0 Å². The Bertz CT molecular complexity index is 791. The Morgan fingerprint density at radius 1 is 0.917 bits per heavy atom. The van der Waals surface area contributed by atoms with Crippen molar-refractivity contribution in [2.45, 2.75) is 4.90 Å². The van der Waals surface area contributed by atoms with Crippen molar-refractivity contribution in [3.05, 3.63) is 54.2 Å². The molecule has 6 nitrogen and oxygen atoms in total. The maximum atomic E-state index is 12.1. The van der Waals surface area contributed by atoms with E-state index >= 15 is 0 Å². The van der Waals surface area contributed by atoms with Crippen LogP contribution >= 0.6 is 0 Å². The van der Waals surface area contributed by atoms with Gasteiger partial charge in [0.15, 0.2) is 11.5 Å². The largest absolute Gasteiger partial charge is 0.493 e. The first kappa shape index (κ1) is 17.7. The summed E-state index contributed by atoms with van der Waals surface area (Å²) in [6, 6.07) is 11.6. The zero-order valence-corrected chi connectivity index (χ0v) is 14.5. The van der Waals surface area contributed by atoms with E-state index in [2.05, 4.69) is 4.72 Å². The number of hydrogen-bond acceptors (Lipinski definition) is 5. The fourth-order valence-electron chi connectivity index (χ4n) is 2.09. The van der Waals surface area contributed by atoms with Crippen LogP contribution in [0.1, 0.15) is 5.56 Å². The lowest BCUT2D eigenvalue weighted by molar-refractivity contribution is 0.324.